The van der Waals surface area contributed by atoms with Crippen LogP contribution in [0.3, 0.4) is 0 Å². The molecule has 0 fully saturated rings. The Hall–Kier alpha value is -2.63. The van der Waals surface area contributed by atoms with Crippen molar-refractivity contribution in [1.82, 2.24) is 15.0 Å². The van der Waals surface area contributed by atoms with Gasteiger partial charge in [0.05, 0.1) is 23.5 Å². The quantitative estimate of drug-likeness (QED) is 0.631. The third kappa shape index (κ3) is 4.01. The fourth-order valence-electron chi connectivity index (χ4n) is 2.30. The van der Waals surface area contributed by atoms with E-state index in [0.717, 1.165) is 17.1 Å². The molecule has 0 saturated carbocycles. The molecular weight excluding hydrogens is 305 g/mol. The summed E-state index contributed by atoms with van der Waals surface area (Å²) in [6.07, 6.45) is 5.48. The Balaban J connectivity index is 2.09. The van der Waals surface area contributed by atoms with Crippen LogP contribution >= 0.6 is 0 Å². The van der Waals surface area contributed by atoms with Gasteiger partial charge in [-0.05, 0) is 45.4 Å². The number of allylic oxidation sites excluding steroid dienone is 1. The minimum Gasteiger partial charge on any atom is -0.396 e. The minimum atomic E-state index is -0.254. The lowest BCUT2D eigenvalue weighted by atomic mass is 10.1. The molecule has 0 aliphatic rings. The van der Waals surface area contributed by atoms with Gasteiger partial charge >= 0.3 is 0 Å². The van der Waals surface area contributed by atoms with E-state index >= 15 is 0 Å². The third-order valence-electron chi connectivity index (χ3n) is 4.10. The SMILES string of the molecule is C/C=C(/N)c1nccn1C(C)[C@H](C)N/N=C(\C)c1ccc(F)cc1. The Kier molecular flexibility index (Phi) is 5.73. The van der Waals surface area contributed by atoms with Gasteiger partial charge in [-0.25, -0.2) is 9.37 Å². The van der Waals surface area contributed by atoms with E-state index in [9.17, 15) is 4.39 Å². The van der Waals surface area contributed by atoms with Gasteiger partial charge in [0.25, 0.3) is 0 Å². The predicted octanol–water partition coefficient (Wildman–Crippen LogP) is 3.31. The van der Waals surface area contributed by atoms with Gasteiger partial charge in [-0.2, -0.15) is 5.10 Å². The molecule has 0 bridgehead atoms. The summed E-state index contributed by atoms with van der Waals surface area (Å²) in [5, 5.41) is 4.41. The van der Waals surface area contributed by atoms with Crippen LogP contribution in [-0.4, -0.2) is 21.3 Å². The van der Waals surface area contributed by atoms with Crippen molar-refractivity contribution in [2.45, 2.75) is 39.8 Å². The lowest BCUT2D eigenvalue weighted by molar-refractivity contribution is 0.397. The van der Waals surface area contributed by atoms with E-state index in [-0.39, 0.29) is 17.9 Å². The molecule has 1 unspecified atom stereocenters. The summed E-state index contributed by atoms with van der Waals surface area (Å²) in [5.41, 5.74) is 11.5. The fraction of sp³-hybridized carbons (Fsp3) is 0.333. The number of nitrogens with one attached hydrogen (secondary N) is 1. The van der Waals surface area contributed by atoms with E-state index < -0.39 is 0 Å². The first-order valence-electron chi connectivity index (χ1n) is 7.94. The van der Waals surface area contributed by atoms with Gasteiger partial charge in [-0.1, -0.05) is 18.2 Å². The number of hydrogen-bond donors (Lipinski definition) is 2. The van der Waals surface area contributed by atoms with Crippen molar-refractivity contribution in [3.05, 3.63) is 59.9 Å². The van der Waals surface area contributed by atoms with Gasteiger partial charge in [0.1, 0.15) is 5.82 Å². The number of hydrazone groups is 1. The zero-order valence-electron chi connectivity index (χ0n) is 14.5. The Morgan fingerprint density at radius 1 is 1.33 bits per heavy atom. The highest BCUT2D eigenvalue weighted by molar-refractivity contribution is 5.98. The molecule has 24 heavy (non-hydrogen) atoms. The number of benzene rings is 1. The summed E-state index contributed by atoms with van der Waals surface area (Å²) in [6.45, 7) is 7.89. The van der Waals surface area contributed by atoms with Crippen molar-refractivity contribution in [2.24, 2.45) is 10.8 Å². The smallest absolute Gasteiger partial charge is 0.155 e. The number of nitrogens with two attached hydrogens (primary N) is 1. The van der Waals surface area contributed by atoms with Crippen molar-refractivity contribution in [3.63, 3.8) is 0 Å². The zero-order chi connectivity index (χ0) is 17.7. The number of hydrogen-bond acceptors (Lipinski definition) is 4. The predicted molar refractivity (Wildman–Crippen MR) is 96.0 cm³/mol. The van der Waals surface area contributed by atoms with Crippen LogP contribution in [0.5, 0.6) is 0 Å². The van der Waals surface area contributed by atoms with Gasteiger partial charge in [-0.3, -0.25) is 0 Å². The first-order valence-corrected chi connectivity index (χ1v) is 7.94. The molecule has 5 nitrogen and oxygen atoms in total. The first kappa shape index (κ1) is 17.7. The normalized spacial score (nSPS) is 15.2. The standard InChI is InChI=1S/C18H24FN5/c1-5-17(20)18-21-10-11-24(18)14(4)12(2)22-23-13(3)15-6-8-16(19)9-7-15/h5-12,14,22H,20H2,1-4H3/b17-5+,23-13+/t12-,14?/m0/s1. The van der Waals surface area contributed by atoms with Crippen molar-refractivity contribution < 1.29 is 4.39 Å². The van der Waals surface area contributed by atoms with Gasteiger partial charge < -0.3 is 15.7 Å². The number of halogens is 1. The Morgan fingerprint density at radius 3 is 2.62 bits per heavy atom. The van der Waals surface area contributed by atoms with Crippen molar-refractivity contribution in [3.8, 4) is 0 Å². The van der Waals surface area contributed by atoms with Crippen LogP contribution in [0.1, 0.15) is 45.1 Å². The second-order valence-electron chi connectivity index (χ2n) is 5.76. The van der Waals surface area contributed by atoms with Gasteiger partial charge in [0.15, 0.2) is 5.82 Å². The summed E-state index contributed by atoms with van der Waals surface area (Å²) in [6, 6.07) is 6.44. The maximum atomic E-state index is 13.0. The van der Waals surface area contributed by atoms with E-state index in [1.54, 1.807) is 18.3 Å². The van der Waals surface area contributed by atoms with E-state index in [1.165, 1.54) is 12.1 Å². The van der Waals surface area contributed by atoms with E-state index in [0.29, 0.717) is 5.70 Å². The highest BCUT2D eigenvalue weighted by Crippen LogP contribution is 2.17. The summed E-state index contributed by atoms with van der Waals surface area (Å²) in [5.74, 6) is 0.494. The molecule has 0 aliphatic carbocycles. The van der Waals surface area contributed by atoms with Crippen molar-refractivity contribution >= 4 is 11.4 Å². The second-order valence-corrected chi connectivity index (χ2v) is 5.76. The lowest BCUT2D eigenvalue weighted by Crippen LogP contribution is -2.31. The molecule has 0 amide bonds. The average Bonchev–Trinajstić information content (AvgIpc) is 3.08. The lowest BCUT2D eigenvalue weighted by Gasteiger charge is -2.23. The Bertz CT molecular complexity index is 730. The molecule has 1 heterocycles. The monoisotopic (exact) mass is 329 g/mol. The summed E-state index contributed by atoms with van der Waals surface area (Å²) >= 11 is 0. The molecule has 0 radical (unpaired) electrons. The zero-order valence-corrected chi connectivity index (χ0v) is 14.5. The third-order valence-corrected chi connectivity index (χ3v) is 4.10. The molecule has 2 aromatic rings. The van der Waals surface area contributed by atoms with E-state index in [2.05, 4.69) is 22.4 Å². The molecule has 0 aliphatic heterocycles. The maximum Gasteiger partial charge on any atom is 0.155 e. The second kappa shape index (κ2) is 7.77. The van der Waals surface area contributed by atoms with Gasteiger partial charge in [-0.15, -0.1) is 0 Å². The molecule has 0 saturated heterocycles. The summed E-state index contributed by atoms with van der Waals surface area (Å²) < 4.78 is 15.0. The molecule has 2 atom stereocenters. The molecule has 1 aromatic carbocycles. The van der Waals surface area contributed by atoms with E-state index in [1.807, 2.05) is 37.6 Å². The average molecular weight is 329 g/mol. The molecule has 128 valence electrons. The molecule has 2 rings (SSSR count). The van der Waals surface area contributed by atoms with Crippen LogP contribution in [-0.2, 0) is 0 Å². The largest absolute Gasteiger partial charge is 0.396 e. The number of nitrogens with zero attached hydrogens (tertiary/aromatic N) is 3. The highest BCUT2D eigenvalue weighted by Gasteiger charge is 2.17. The van der Waals surface area contributed by atoms with Crippen LogP contribution in [0.25, 0.3) is 5.70 Å². The molecule has 6 heteroatoms. The minimum absolute atomic E-state index is 0.0537. The van der Waals surface area contributed by atoms with Crippen LogP contribution in [0.2, 0.25) is 0 Å². The molecule has 0 spiro atoms. The highest BCUT2D eigenvalue weighted by atomic mass is 19.1. The summed E-state index contributed by atoms with van der Waals surface area (Å²) in [7, 11) is 0. The molecule has 3 N–H and O–H groups in total. The topological polar surface area (TPSA) is 68.2 Å². The molecular formula is C18H24FN5. The van der Waals surface area contributed by atoms with E-state index in [4.69, 9.17) is 5.73 Å². The van der Waals surface area contributed by atoms with Gasteiger partial charge in [0.2, 0.25) is 0 Å². The van der Waals surface area contributed by atoms with Crippen LogP contribution < -0.4 is 11.2 Å². The number of imidazole rings is 1. The van der Waals surface area contributed by atoms with Crippen LogP contribution in [0, 0.1) is 5.82 Å². The Morgan fingerprint density at radius 2 is 2.00 bits per heavy atom. The fourth-order valence-corrected chi connectivity index (χ4v) is 2.30. The van der Waals surface area contributed by atoms with Gasteiger partial charge in [0, 0.05) is 12.4 Å². The first-order chi connectivity index (χ1) is 11.4. The maximum absolute atomic E-state index is 13.0. The Labute approximate surface area is 142 Å². The van der Waals surface area contributed by atoms with Crippen LogP contribution in [0.15, 0.2) is 47.8 Å². The number of aromatic nitrogens is 2. The molecule has 1 aromatic heterocycles. The van der Waals surface area contributed by atoms with Crippen molar-refractivity contribution in [2.75, 3.05) is 0 Å². The van der Waals surface area contributed by atoms with Crippen LogP contribution in [0.4, 0.5) is 4.39 Å². The number of rotatable bonds is 6. The van der Waals surface area contributed by atoms with Crippen molar-refractivity contribution in [1.29, 1.82) is 0 Å². The summed E-state index contributed by atoms with van der Waals surface area (Å²) in [4.78, 5) is 4.31.